The number of hydrogen-bond donors (Lipinski definition) is 2. The van der Waals surface area contributed by atoms with E-state index in [0.29, 0.717) is 32.2 Å². The molecule has 0 aromatic heterocycles. The van der Waals surface area contributed by atoms with Crippen LogP contribution in [-0.2, 0) is 25.7 Å². The highest BCUT2D eigenvalue weighted by atomic mass is 16.5. The summed E-state index contributed by atoms with van der Waals surface area (Å²) in [6, 6.07) is 24.6. The van der Waals surface area contributed by atoms with Gasteiger partial charge >= 0.3 is 12.1 Å². The van der Waals surface area contributed by atoms with Crippen molar-refractivity contribution in [2.75, 3.05) is 13.2 Å². The summed E-state index contributed by atoms with van der Waals surface area (Å²) in [5.41, 5.74) is 4.03. The van der Waals surface area contributed by atoms with Gasteiger partial charge in [-0.3, -0.25) is 4.79 Å². The van der Waals surface area contributed by atoms with Crippen LogP contribution in [0.15, 0.2) is 78.9 Å². The molecule has 1 heterocycles. The van der Waals surface area contributed by atoms with Crippen LogP contribution >= 0.6 is 0 Å². The number of nitrogens with one attached hydrogen (secondary N) is 1. The number of carboxylic acid groups (broad SMARTS) is 1. The van der Waals surface area contributed by atoms with Crippen LogP contribution in [0, 0.1) is 0 Å². The summed E-state index contributed by atoms with van der Waals surface area (Å²) in [6.45, 7) is 4.26. The molecular weight excluding hydrogens is 532 g/mol. The molecule has 0 radical (unpaired) electrons. The second-order valence-corrected chi connectivity index (χ2v) is 11.1. The van der Waals surface area contributed by atoms with Crippen molar-refractivity contribution in [1.29, 1.82) is 0 Å². The normalized spacial score (nSPS) is 19.0. The molecule has 0 saturated carbocycles. The summed E-state index contributed by atoms with van der Waals surface area (Å²) in [5.74, 6) is -1.63. The zero-order chi connectivity index (χ0) is 29.7. The Kier molecular flexibility index (Phi) is 8.92. The summed E-state index contributed by atoms with van der Waals surface area (Å²) in [4.78, 5) is 41.2. The molecule has 2 N–H and O–H groups in total. The molecule has 3 aromatic carbocycles. The standard InChI is InChI=1S/C34H38N2O6/c1-3-18-34(32(38)39)19-11-20-36(34)31(37)30(23(2)41-21-24-12-5-4-6-13-24)35-33(40)42-22-29-27-16-9-7-14-25(27)26-15-8-10-17-28(26)29/h4-10,12-17,23,29-30H,3,11,18-22H2,1-2H3,(H,35,40)(H,38,39)/t23-,30+,34?/m0/s1. The van der Waals surface area contributed by atoms with E-state index < -0.39 is 35.7 Å². The van der Waals surface area contributed by atoms with Gasteiger partial charge in [-0.15, -0.1) is 0 Å². The second-order valence-electron chi connectivity index (χ2n) is 11.1. The van der Waals surface area contributed by atoms with E-state index in [9.17, 15) is 19.5 Å². The van der Waals surface area contributed by atoms with E-state index in [4.69, 9.17) is 9.47 Å². The lowest BCUT2D eigenvalue weighted by Crippen LogP contribution is -2.61. The number of hydrogen-bond acceptors (Lipinski definition) is 5. The van der Waals surface area contributed by atoms with Crippen LogP contribution in [-0.4, -0.2) is 58.8 Å². The van der Waals surface area contributed by atoms with Crippen LogP contribution in [0.1, 0.15) is 62.1 Å². The third-order valence-electron chi connectivity index (χ3n) is 8.52. The minimum atomic E-state index is -1.30. The van der Waals surface area contributed by atoms with Crippen LogP contribution in [0.3, 0.4) is 0 Å². The molecule has 1 aliphatic carbocycles. The Morgan fingerprint density at radius 1 is 0.976 bits per heavy atom. The van der Waals surface area contributed by atoms with E-state index in [2.05, 4.69) is 17.4 Å². The first kappa shape index (κ1) is 29.3. The highest BCUT2D eigenvalue weighted by Gasteiger charge is 2.51. The van der Waals surface area contributed by atoms with Crippen LogP contribution in [0.2, 0.25) is 0 Å². The molecule has 5 rings (SSSR count). The summed E-state index contributed by atoms with van der Waals surface area (Å²) < 4.78 is 11.8. The first-order valence-corrected chi connectivity index (χ1v) is 14.7. The molecule has 1 saturated heterocycles. The number of carbonyl (C=O) groups is 3. The Balaban J connectivity index is 1.34. The van der Waals surface area contributed by atoms with Crippen LogP contribution < -0.4 is 5.32 Å². The number of nitrogens with zero attached hydrogens (tertiary/aromatic N) is 1. The average Bonchev–Trinajstić information content (AvgIpc) is 3.58. The minimum absolute atomic E-state index is 0.0959. The number of amides is 2. The molecule has 42 heavy (non-hydrogen) atoms. The number of alkyl carbamates (subject to hydrolysis) is 1. The number of benzene rings is 3. The first-order chi connectivity index (χ1) is 20.4. The van der Waals surface area contributed by atoms with Crippen molar-refractivity contribution in [3.05, 3.63) is 95.6 Å². The van der Waals surface area contributed by atoms with E-state index >= 15 is 0 Å². The molecule has 8 nitrogen and oxygen atoms in total. The Bertz CT molecular complexity index is 1380. The lowest BCUT2D eigenvalue weighted by atomic mass is 9.90. The van der Waals surface area contributed by atoms with Crippen LogP contribution in [0.4, 0.5) is 4.79 Å². The van der Waals surface area contributed by atoms with E-state index in [0.717, 1.165) is 27.8 Å². The van der Waals surface area contributed by atoms with Crippen molar-refractivity contribution in [2.24, 2.45) is 0 Å². The van der Waals surface area contributed by atoms with Crippen molar-refractivity contribution < 1.29 is 29.0 Å². The smallest absolute Gasteiger partial charge is 0.407 e. The van der Waals surface area contributed by atoms with E-state index in [-0.39, 0.29) is 19.1 Å². The maximum Gasteiger partial charge on any atom is 0.407 e. The Hall–Kier alpha value is -4.17. The average molecular weight is 571 g/mol. The van der Waals surface area contributed by atoms with Gasteiger partial charge in [0.2, 0.25) is 5.91 Å². The van der Waals surface area contributed by atoms with Gasteiger partial charge in [0.15, 0.2) is 0 Å². The summed E-state index contributed by atoms with van der Waals surface area (Å²) >= 11 is 0. The molecule has 3 aromatic rings. The number of carbonyl (C=O) groups excluding carboxylic acids is 2. The number of aliphatic carboxylic acids is 1. The van der Waals surface area contributed by atoms with Gasteiger partial charge in [0.05, 0.1) is 12.7 Å². The lowest BCUT2D eigenvalue weighted by Gasteiger charge is -2.38. The third kappa shape index (κ3) is 5.77. The largest absolute Gasteiger partial charge is 0.479 e. The highest BCUT2D eigenvalue weighted by Crippen LogP contribution is 2.44. The minimum Gasteiger partial charge on any atom is -0.479 e. The molecule has 0 spiro atoms. The fourth-order valence-electron chi connectivity index (χ4n) is 6.42. The zero-order valence-electron chi connectivity index (χ0n) is 24.1. The van der Waals surface area contributed by atoms with Gasteiger partial charge in [-0.25, -0.2) is 9.59 Å². The monoisotopic (exact) mass is 570 g/mol. The fraction of sp³-hybridized carbons (Fsp3) is 0.382. The van der Waals surface area contributed by atoms with E-state index in [1.54, 1.807) is 6.92 Å². The van der Waals surface area contributed by atoms with Crippen LogP contribution in [0.25, 0.3) is 11.1 Å². The molecule has 1 aliphatic heterocycles. The van der Waals surface area contributed by atoms with E-state index in [1.807, 2.05) is 73.7 Å². The number of carboxylic acids is 1. The summed E-state index contributed by atoms with van der Waals surface area (Å²) in [6.07, 6.45) is 0.409. The first-order valence-electron chi connectivity index (χ1n) is 14.7. The summed E-state index contributed by atoms with van der Waals surface area (Å²) in [5, 5.41) is 12.9. The maximum atomic E-state index is 14.0. The Labute approximate surface area is 246 Å². The Morgan fingerprint density at radius 3 is 2.21 bits per heavy atom. The summed E-state index contributed by atoms with van der Waals surface area (Å²) in [7, 11) is 0. The van der Waals surface area contributed by atoms with Gasteiger partial charge in [-0.05, 0) is 54.0 Å². The van der Waals surface area contributed by atoms with Gasteiger partial charge in [0, 0.05) is 12.5 Å². The van der Waals surface area contributed by atoms with Crippen molar-refractivity contribution in [1.82, 2.24) is 10.2 Å². The highest BCUT2D eigenvalue weighted by molar-refractivity contribution is 5.92. The molecule has 0 bridgehead atoms. The predicted octanol–water partition coefficient (Wildman–Crippen LogP) is 5.74. The van der Waals surface area contributed by atoms with Gasteiger partial charge < -0.3 is 24.8 Å². The molecule has 2 amide bonds. The topological polar surface area (TPSA) is 105 Å². The zero-order valence-corrected chi connectivity index (χ0v) is 24.1. The van der Waals surface area contributed by atoms with Crippen molar-refractivity contribution in [3.8, 4) is 11.1 Å². The number of rotatable bonds is 11. The molecule has 3 atom stereocenters. The van der Waals surface area contributed by atoms with Gasteiger partial charge in [0.25, 0.3) is 0 Å². The molecular formula is C34H38N2O6. The SMILES string of the molecule is CCCC1(C(=O)O)CCCN1C(=O)[C@H](NC(=O)OCC1c2ccccc2-c2ccccc21)[C@H](C)OCc1ccccc1. The van der Waals surface area contributed by atoms with Crippen molar-refractivity contribution in [2.45, 2.75) is 69.7 Å². The quantitative estimate of drug-likeness (QED) is 0.304. The Morgan fingerprint density at radius 2 is 1.60 bits per heavy atom. The van der Waals surface area contributed by atoms with Gasteiger partial charge in [0.1, 0.15) is 18.2 Å². The molecule has 1 unspecified atom stereocenters. The third-order valence-corrected chi connectivity index (χ3v) is 8.52. The van der Waals surface area contributed by atoms with Crippen molar-refractivity contribution >= 4 is 18.0 Å². The number of likely N-dealkylation sites (tertiary alicyclic amines) is 1. The number of fused-ring (bicyclic) bond motifs is 3. The van der Waals surface area contributed by atoms with Crippen molar-refractivity contribution in [3.63, 3.8) is 0 Å². The van der Waals surface area contributed by atoms with Gasteiger partial charge in [-0.1, -0.05) is 92.2 Å². The fourth-order valence-corrected chi connectivity index (χ4v) is 6.42. The molecule has 1 fully saturated rings. The predicted molar refractivity (Wildman–Crippen MR) is 159 cm³/mol. The lowest BCUT2D eigenvalue weighted by molar-refractivity contribution is -0.159. The van der Waals surface area contributed by atoms with Crippen LogP contribution in [0.5, 0.6) is 0 Å². The second kappa shape index (κ2) is 12.8. The van der Waals surface area contributed by atoms with Gasteiger partial charge in [-0.2, -0.15) is 0 Å². The molecule has 2 aliphatic rings. The molecule has 8 heteroatoms. The number of ether oxygens (including phenoxy) is 2. The maximum absolute atomic E-state index is 14.0. The molecule has 220 valence electrons. The van der Waals surface area contributed by atoms with E-state index in [1.165, 1.54) is 4.90 Å².